The summed E-state index contributed by atoms with van der Waals surface area (Å²) >= 11 is 0. The Morgan fingerprint density at radius 3 is 2.88 bits per heavy atom. The van der Waals surface area contributed by atoms with Gasteiger partial charge in [0.25, 0.3) is 0 Å². The fourth-order valence-electron chi connectivity index (χ4n) is 2.73. The van der Waals surface area contributed by atoms with Crippen molar-refractivity contribution < 1.29 is 14.3 Å². The Morgan fingerprint density at radius 2 is 2.17 bits per heavy atom. The van der Waals surface area contributed by atoms with Crippen LogP contribution in [-0.2, 0) is 9.47 Å². The number of hydrogen-bond donors (Lipinski definition) is 1. The molecular formula is C19H30N2O3. The lowest BCUT2D eigenvalue weighted by molar-refractivity contribution is 0.0547. The van der Waals surface area contributed by atoms with Crippen molar-refractivity contribution in [2.75, 3.05) is 32.1 Å². The van der Waals surface area contributed by atoms with Gasteiger partial charge in [-0.3, -0.25) is 0 Å². The van der Waals surface area contributed by atoms with Gasteiger partial charge in [-0.05, 0) is 43.4 Å². The van der Waals surface area contributed by atoms with Gasteiger partial charge in [0.15, 0.2) is 0 Å². The number of likely N-dealkylation sites (tertiary alicyclic amines) is 1. The molecule has 0 aliphatic carbocycles. The molecule has 5 nitrogen and oxygen atoms in total. The Bertz CT molecular complexity index is 533. The van der Waals surface area contributed by atoms with E-state index in [0.29, 0.717) is 12.5 Å². The molecule has 2 rings (SSSR count). The van der Waals surface area contributed by atoms with Gasteiger partial charge >= 0.3 is 6.03 Å². The van der Waals surface area contributed by atoms with E-state index in [1.807, 2.05) is 36.1 Å². The minimum Gasteiger partial charge on any atom is -0.377 e. The van der Waals surface area contributed by atoms with Crippen molar-refractivity contribution in [2.24, 2.45) is 5.92 Å². The molecule has 0 bridgehead atoms. The molecule has 0 aromatic heterocycles. The third kappa shape index (κ3) is 5.49. The smallest absolute Gasteiger partial charge is 0.321 e. The summed E-state index contributed by atoms with van der Waals surface area (Å²) in [6.07, 6.45) is 2.14. The SMILES string of the molecule is CO[C@H](C)c1cccc(NC(=O)N2CC[C@H](OCCC(C)C)C2)c1. The number of methoxy groups -OCH3 is 1. The van der Waals surface area contributed by atoms with Crippen molar-refractivity contribution in [1.29, 1.82) is 0 Å². The molecule has 1 saturated heterocycles. The van der Waals surface area contributed by atoms with Gasteiger partial charge in [-0.15, -0.1) is 0 Å². The van der Waals surface area contributed by atoms with Crippen LogP contribution in [0.15, 0.2) is 24.3 Å². The van der Waals surface area contributed by atoms with Crippen molar-refractivity contribution in [3.8, 4) is 0 Å². The summed E-state index contributed by atoms with van der Waals surface area (Å²) in [7, 11) is 1.68. The van der Waals surface area contributed by atoms with Gasteiger partial charge in [0.1, 0.15) is 0 Å². The first kappa shape index (κ1) is 18.7. The number of nitrogens with zero attached hydrogens (tertiary/aromatic N) is 1. The molecule has 24 heavy (non-hydrogen) atoms. The van der Waals surface area contributed by atoms with Crippen LogP contribution in [0.3, 0.4) is 0 Å². The van der Waals surface area contributed by atoms with E-state index in [2.05, 4.69) is 19.2 Å². The van der Waals surface area contributed by atoms with Crippen LogP contribution in [0.4, 0.5) is 10.5 Å². The van der Waals surface area contributed by atoms with Gasteiger partial charge in [0.2, 0.25) is 0 Å². The summed E-state index contributed by atoms with van der Waals surface area (Å²) in [6.45, 7) is 8.55. The molecule has 1 aliphatic heterocycles. The molecule has 0 saturated carbocycles. The maximum atomic E-state index is 12.4. The first-order valence-electron chi connectivity index (χ1n) is 8.80. The van der Waals surface area contributed by atoms with Gasteiger partial charge in [0, 0.05) is 32.5 Å². The minimum atomic E-state index is -0.0628. The highest BCUT2D eigenvalue weighted by molar-refractivity contribution is 5.89. The van der Waals surface area contributed by atoms with E-state index in [1.165, 1.54) is 0 Å². The Kier molecular flexibility index (Phi) is 7.06. The second-order valence-corrected chi connectivity index (χ2v) is 6.84. The molecule has 2 amide bonds. The average Bonchev–Trinajstić information content (AvgIpc) is 3.03. The Labute approximate surface area is 145 Å². The fraction of sp³-hybridized carbons (Fsp3) is 0.632. The zero-order valence-electron chi connectivity index (χ0n) is 15.2. The number of benzene rings is 1. The third-order valence-electron chi connectivity index (χ3n) is 4.44. The number of carbonyl (C=O) groups excluding carboxylic acids is 1. The molecule has 5 heteroatoms. The molecule has 1 fully saturated rings. The van der Waals surface area contributed by atoms with E-state index in [-0.39, 0.29) is 18.2 Å². The van der Waals surface area contributed by atoms with Crippen LogP contribution in [0.5, 0.6) is 0 Å². The number of amides is 2. The van der Waals surface area contributed by atoms with E-state index in [1.54, 1.807) is 7.11 Å². The van der Waals surface area contributed by atoms with Gasteiger partial charge in [0.05, 0.1) is 12.2 Å². The lowest BCUT2D eigenvalue weighted by Gasteiger charge is -2.18. The lowest BCUT2D eigenvalue weighted by Crippen LogP contribution is -2.34. The van der Waals surface area contributed by atoms with E-state index in [9.17, 15) is 4.79 Å². The molecule has 0 unspecified atom stereocenters. The average molecular weight is 334 g/mol. The van der Waals surface area contributed by atoms with Gasteiger partial charge in [-0.2, -0.15) is 0 Å². The highest BCUT2D eigenvalue weighted by Gasteiger charge is 2.26. The molecule has 1 heterocycles. The largest absolute Gasteiger partial charge is 0.377 e. The molecule has 134 valence electrons. The molecule has 1 N–H and O–H groups in total. The van der Waals surface area contributed by atoms with Gasteiger partial charge in [-0.1, -0.05) is 26.0 Å². The Morgan fingerprint density at radius 1 is 1.38 bits per heavy atom. The van der Waals surface area contributed by atoms with Crippen LogP contribution < -0.4 is 5.32 Å². The van der Waals surface area contributed by atoms with Crippen LogP contribution in [0.25, 0.3) is 0 Å². The first-order valence-corrected chi connectivity index (χ1v) is 8.80. The monoisotopic (exact) mass is 334 g/mol. The standard InChI is InChI=1S/C19H30N2O3/c1-14(2)9-11-24-18-8-10-21(13-18)19(22)20-17-7-5-6-16(12-17)15(3)23-4/h5-7,12,14-15,18H,8-11,13H2,1-4H3,(H,20,22)/t15-,18+/m1/s1. The fourth-order valence-corrected chi connectivity index (χ4v) is 2.73. The molecule has 0 radical (unpaired) electrons. The number of nitrogens with one attached hydrogen (secondary N) is 1. The van der Waals surface area contributed by atoms with Crippen LogP contribution in [-0.4, -0.2) is 43.8 Å². The van der Waals surface area contributed by atoms with Crippen LogP contribution in [0.2, 0.25) is 0 Å². The van der Waals surface area contributed by atoms with Crippen LogP contribution in [0.1, 0.15) is 45.3 Å². The summed E-state index contributed by atoms with van der Waals surface area (Å²) in [5, 5.41) is 2.97. The molecule has 1 aromatic rings. The van der Waals surface area contributed by atoms with Crippen LogP contribution in [0, 0.1) is 5.92 Å². The molecule has 1 aliphatic rings. The van der Waals surface area contributed by atoms with Crippen molar-refractivity contribution >= 4 is 11.7 Å². The normalized spacial score (nSPS) is 18.9. The van der Waals surface area contributed by atoms with E-state index >= 15 is 0 Å². The minimum absolute atomic E-state index is 0.00683. The second kappa shape index (κ2) is 9.04. The van der Waals surface area contributed by atoms with Crippen molar-refractivity contribution in [3.05, 3.63) is 29.8 Å². The molecule has 0 spiro atoms. The highest BCUT2D eigenvalue weighted by Crippen LogP contribution is 2.21. The topological polar surface area (TPSA) is 50.8 Å². The van der Waals surface area contributed by atoms with E-state index in [0.717, 1.165) is 37.2 Å². The second-order valence-electron chi connectivity index (χ2n) is 6.84. The quantitative estimate of drug-likeness (QED) is 0.818. The number of anilines is 1. The number of ether oxygens (including phenoxy) is 2. The summed E-state index contributed by atoms with van der Waals surface area (Å²) in [5.41, 5.74) is 1.84. The van der Waals surface area contributed by atoms with Gasteiger partial charge < -0.3 is 19.7 Å². The first-order chi connectivity index (χ1) is 11.5. The van der Waals surface area contributed by atoms with Crippen molar-refractivity contribution in [1.82, 2.24) is 4.90 Å². The number of rotatable bonds is 7. The molecule has 1 aromatic carbocycles. The summed E-state index contributed by atoms with van der Waals surface area (Å²) in [6, 6.07) is 7.72. The number of hydrogen-bond acceptors (Lipinski definition) is 3. The Hall–Kier alpha value is -1.59. The van der Waals surface area contributed by atoms with E-state index in [4.69, 9.17) is 9.47 Å². The Balaban J connectivity index is 1.83. The van der Waals surface area contributed by atoms with Gasteiger partial charge in [-0.25, -0.2) is 4.79 Å². The molecular weight excluding hydrogens is 304 g/mol. The predicted molar refractivity (Wildman–Crippen MR) is 96.3 cm³/mol. The zero-order chi connectivity index (χ0) is 17.5. The molecule has 2 atom stereocenters. The summed E-state index contributed by atoms with van der Waals surface area (Å²) in [4.78, 5) is 14.2. The van der Waals surface area contributed by atoms with Crippen molar-refractivity contribution in [3.63, 3.8) is 0 Å². The lowest BCUT2D eigenvalue weighted by atomic mass is 10.1. The highest BCUT2D eigenvalue weighted by atomic mass is 16.5. The summed E-state index contributed by atoms with van der Waals surface area (Å²) in [5.74, 6) is 0.646. The third-order valence-corrected chi connectivity index (χ3v) is 4.44. The number of carbonyl (C=O) groups is 1. The number of urea groups is 1. The maximum Gasteiger partial charge on any atom is 0.321 e. The zero-order valence-corrected chi connectivity index (χ0v) is 15.2. The van der Waals surface area contributed by atoms with Crippen molar-refractivity contribution in [2.45, 2.75) is 45.8 Å². The van der Waals surface area contributed by atoms with E-state index < -0.39 is 0 Å². The maximum absolute atomic E-state index is 12.4. The summed E-state index contributed by atoms with van der Waals surface area (Å²) < 4.78 is 11.2. The van der Waals surface area contributed by atoms with Crippen LogP contribution >= 0.6 is 0 Å². The predicted octanol–water partition coefficient (Wildman–Crippen LogP) is 4.06.